The van der Waals surface area contributed by atoms with Gasteiger partial charge in [0.2, 0.25) is 0 Å². The first-order chi connectivity index (χ1) is 22.9. The van der Waals surface area contributed by atoms with E-state index in [1.165, 1.54) is 44.8 Å². The van der Waals surface area contributed by atoms with Gasteiger partial charge in [0.1, 0.15) is 0 Å². The maximum Gasteiger partial charge on any atom is 0.252 e. The first-order valence-corrected chi connectivity index (χ1v) is 15.8. The van der Waals surface area contributed by atoms with Crippen molar-refractivity contribution in [2.24, 2.45) is 0 Å². The smallest absolute Gasteiger partial charge is 0.252 e. The van der Waals surface area contributed by atoms with Crippen LogP contribution in [0, 0.1) is 0 Å². The van der Waals surface area contributed by atoms with E-state index in [1.54, 1.807) is 0 Å². The summed E-state index contributed by atoms with van der Waals surface area (Å²) in [6.07, 6.45) is 0. The molecule has 0 saturated heterocycles. The normalized spacial score (nSPS) is 12.7. The number of nitrogens with zero attached hydrogens (tertiary/aromatic N) is 3. The zero-order valence-corrected chi connectivity index (χ0v) is 25.2. The molecule has 4 heteroatoms. The fraction of sp³-hybridized carbons (Fsp3) is 0. The maximum atomic E-state index is 2.45. The minimum Gasteiger partial charge on any atom is -0.311 e. The third kappa shape index (κ3) is 4.15. The molecule has 0 bridgehead atoms. The molecule has 0 atom stereocenters. The molecule has 9 rings (SSSR count). The van der Waals surface area contributed by atoms with Crippen molar-refractivity contribution < 1.29 is 0 Å². The van der Waals surface area contributed by atoms with Crippen LogP contribution in [0.25, 0.3) is 0 Å². The molecule has 7 aromatic carbocycles. The summed E-state index contributed by atoms with van der Waals surface area (Å²) < 4.78 is 0. The summed E-state index contributed by atoms with van der Waals surface area (Å²) in [5, 5.41) is 0. The van der Waals surface area contributed by atoms with Gasteiger partial charge in [0.25, 0.3) is 6.71 Å². The van der Waals surface area contributed by atoms with E-state index in [2.05, 4.69) is 197 Å². The second kappa shape index (κ2) is 10.9. The lowest BCUT2D eigenvalue weighted by molar-refractivity contribution is 1.24. The second-order valence-corrected chi connectivity index (χ2v) is 11.8. The zero-order chi connectivity index (χ0) is 30.5. The molecule has 0 unspecified atom stereocenters. The molecule has 0 N–H and O–H groups in total. The van der Waals surface area contributed by atoms with Crippen molar-refractivity contribution in [2.75, 3.05) is 14.7 Å². The minimum atomic E-state index is 0.140. The van der Waals surface area contributed by atoms with Crippen molar-refractivity contribution in [1.82, 2.24) is 0 Å². The molecule has 0 radical (unpaired) electrons. The number of benzene rings is 7. The number of anilines is 9. The van der Waals surface area contributed by atoms with Crippen LogP contribution in [0.15, 0.2) is 182 Å². The zero-order valence-electron chi connectivity index (χ0n) is 25.2. The summed E-state index contributed by atoms with van der Waals surface area (Å²) in [6.45, 7) is 0.140. The fourth-order valence-electron chi connectivity index (χ4n) is 7.32. The quantitative estimate of drug-likeness (QED) is 0.186. The molecule has 0 saturated carbocycles. The Labute approximate surface area is 270 Å². The molecule has 2 heterocycles. The summed E-state index contributed by atoms with van der Waals surface area (Å²) in [5.74, 6) is 0. The van der Waals surface area contributed by atoms with Crippen molar-refractivity contribution in [3.63, 3.8) is 0 Å². The Morgan fingerprint density at radius 2 is 0.717 bits per heavy atom. The first-order valence-electron chi connectivity index (χ1n) is 15.8. The van der Waals surface area contributed by atoms with Gasteiger partial charge in [0.05, 0.1) is 0 Å². The molecule has 0 aromatic heterocycles. The van der Waals surface area contributed by atoms with Crippen LogP contribution in [-0.4, -0.2) is 6.71 Å². The molecule has 2 aliphatic rings. The Balaban J connectivity index is 1.22. The van der Waals surface area contributed by atoms with Gasteiger partial charge in [-0.1, -0.05) is 97.1 Å². The molecule has 216 valence electrons. The van der Waals surface area contributed by atoms with E-state index in [0.29, 0.717) is 0 Å². The Bertz CT molecular complexity index is 2130. The molecule has 7 aromatic rings. The topological polar surface area (TPSA) is 9.72 Å². The number of para-hydroxylation sites is 5. The van der Waals surface area contributed by atoms with E-state index < -0.39 is 0 Å². The highest BCUT2D eigenvalue weighted by molar-refractivity contribution is 7.00. The van der Waals surface area contributed by atoms with Gasteiger partial charge in [-0.3, -0.25) is 0 Å². The predicted molar refractivity (Wildman–Crippen MR) is 195 cm³/mol. The van der Waals surface area contributed by atoms with E-state index in [0.717, 1.165) is 22.7 Å². The van der Waals surface area contributed by atoms with E-state index in [1.807, 2.05) is 0 Å². The Morgan fingerprint density at radius 1 is 0.326 bits per heavy atom. The number of rotatable bonds is 5. The highest BCUT2D eigenvalue weighted by Crippen LogP contribution is 2.44. The number of hydrogen-bond acceptors (Lipinski definition) is 3. The third-order valence-electron chi connectivity index (χ3n) is 9.22. The van der Waals surface area contributed by atoms with Crippen LogP contribution in [0.5, 0.6) is 0 Å². The monoisotopic (exact) mass is 587 g/mol. The largest absolute Gasteiger partial charge is 0.311 e. The summed E-state index contributed by atoms with van der Waals surface area (Å²) in [7, 11) is 0. The van der Waals surface area contributed by atoms with Gasteiger partial charge < -0.3 is 14.7 Å². The SMILES string of the molecule is c1ccc(N(c2ccccc2)c2ccc(N3c4ccccc4B4c5ccccc5N(c5ccccc5)c5cccc3c54)cc2)cc1. The van der Waals surface area contributed by atoms with E-state index in [4.69, 9.17) is 0 Å². The lowest BCUT2D eigenvalue weighted by atomic mass is 9.33. The molecule has 0 spiro atoms. The van der Waals surface area contributed by atoms with Crippen molar-refractivity contribution >= 4 is 74.3 Å². The van der Waals surface area contributed by atoms with Crippen molar-refractivity contribution in [3.8, 4) is 0 Å². The predicted octanol–water partition coefficient (Wildman–Crippen LogP) is 9.24. The summed E-state index contributed by atoms with van der Waals surface area (Å²) in [4.78, 5) is 7.18. The van der Waals surface area contributed by atoms with Crippen LogP contribution in [0.4, 0.5) is 51.2 Å². The highest BCUT2D eigenvalue weighted by atomic mass is 15.2. The van der Waals surface area contributed by atoms with Gasteiger partial charge in [-0.05, 0) is 101 Å². The lowest BCUT2D eigenvalue weighted by Crippen LogP contribution is -2.61. The molecular weight excluding hydrogens is 557 g/mol. The van der Waals surface area contributed by atoms with Gasteiger partial charge in [-0.2, -0.15) is 0 Å². The first kappa shape index (κ1) is 26.4. The van der Waals surface area contributed by atoms with Gasteiger partial charge in [0, 0.05) is 51.2 Å². The van der Waals surface area contributed by atoms with Gasteiger partial charge in [0.15, 0.2) is 0 Å². The Morgan fingerprint density at radius 3 is 1.24 bits per heavy atom. The molecule has 0 amide bonds. The standard InChI is InChI=1S/C42H30BN3/c1-4-15-31(16-5-1)44(32-17-6-2-7-18-32)34-27-29-35(30-28-34)46-39-24-13-11-22-37(39)43-36-21-10-12-23-38(36)45(33-19-8-3-9-20-33)40-25-14-26-41(46)42(40)43/h1-30H. The van der Waals surface area contributed by atoms with Crippen LogP contribution in [0.2, 0.25) is 0 Å². The number of fused-ring (bicyclic) bond motifs is 4. The average molecular weight is 588 g/mol. The highest BCUT2D eigenvalue weighted by Gasteiger charge is 2.42. The van der Waals surface area contributed by atoms with Crippen LogP contribution in [-0.2, 0) is 0 Å². The van der Waals surface area contributed by atoms with Crippen LogP contribution in [0.1, 0.15) is 0 Å². The molecule has 0 aliphatic carbocycles. The van der Waals surface area contributed by atoms with Crippen molar-refractivity contribution in [2.45, 2.75) is 0 Å². The lowest BCUT2D eigenvalue weighted by Gasteiger charge is -2.44. The minimum absolute atomic E-state index is 0.140. The van der Waals surface area contributed by atoms with E-state index >= 15 is 0 Å². The van der Waals surface area contributed by atoms with Gasteiger partial charge >= 0.3 is 0 Å². The average Bonchev–Trinajstić information content (AvgIpc) is 3.13. The summed E-state index contributed by atoms with van der Waals surface area (Å²) >= 11 is 0. The summed E-state index contributed by atoms with van der Waals surface area (Å²) in [6, 6.07) is 65.5. The molecule has 2 aliphatic heterocycles. The van der Waals surface area contributed by atoms with E-state index in [-0.39, 0.29) is 6.71 Å². The van der Waals surface area contributed by atoms with Crippen molar-refractivity contribution in [1.29, 1.82) is 0 Å². The molecule has 3 nitrogen and oxygen atoms in total. The third-order valence-corrected chi connectivity index (χ3v) is 9.22. The van der Waals surface area contributed by atoms with E-state index in [9.17, 15) is 0 Å². The molecule has 0 fully saturated rings. The number of hydrogen-bond donors (Lipinski definition) is 0. The Kier molecular flexibility index (Phi) is 6.24. The Hall–Kier alpha value is -6.00. The van der Waals surface area contributed by atoms with Crippen LogP contribution >= 0.6 is 0 Å². The van der Waals surface area contributed by atoms with Crippen molar-refractivity contribution in [3.05, 3.63) is 182 Å². The molecular formula is C42H30BN3. The summed E-state index contributed by atoms with van der Waals surface area (Å²) in [5.41, 5.74) is 14.6. The van der Waals surface area contributed by atoms with Gasteiger partial charge in [-0.15, -0.1) is 0 Å². The second-order valence-electron chi connectivity index (χ2n) is 11.8. The van der Waals surface area contributed by atoms with Crippen LogP contribution in [0.3, 0.4) is 0 Å². The molecule has 46 heavy (non-hydrogen) atoms. The fourth-order valence-corrected chi connectivity index (χ4v) is 7.32. The van der Waals surface area contributed by atoms with Gasteiger partial charge in [-0.25, -0.2) is 0 Å². The van der Waals surface area contributed by atoms with Crippen LogP contribution < -0.4 is 31.1 Å². The maximum absolute atomic E-state index is 2.45.